The molecule has 0 aliphatic rings. The predicted molar refractivity (Wildman–Crippen MR) is 74.5 cm³/mol. The molecular weight excluding hydrogens is 238 g/mol. The number of hydrogen-bond acceptors (Lipinski definition) is 2. The van der Waals surface area contributed by atoms with Gasteiger partial charge >= 0.3 is 0 Å². The van der Waals surface area contributed by atoms with Crippen LogP contribution in [0.15, 0.2) is 60.7 Å². The van der Waals surface area contributed by atoms with E-state index >= 15 is 0 Å². The van der Waals surface area contributed by atoms with Crippen molar-refractivity contribution in [1.82, 2.24) is 0 Å². The summed E-state index contributed by atoms with van der Waals surface area (Å²) in [6, 6.07) is 16.1. The van der Waals surface area contributed by atoms with Crippen LogP contribution in [0.3, 0.4) is 0 Å². The van der Waals surface area contributed by atoms with Crippen molar-refractivity contribution in [3.8, 4) is 0 Å². The van der Waals surface area contributed by atoms with E-state index in [0.29, 0.717) is 16.7 Å². The molecule has 0 atom stereocenters. The van der Waals surface area contributed by atoms with Crippen LogP contribution in [0.4, 0.5) is 0 Å². The molecule has 0 heterocycles. The Kier molecular flexibility index (Phi) is 3.88. The van der Waals surface area contributed by atoms with Crippen molar-refractivity contribution in [2.45, 2.75) is 0 Å². The van der Waals surface area contributed by atoms with E-state index in [4.69, 9.17) is 5.73 Å². The molecule has 0 aromatic heterocycles. The molecule has 3 nitrogen and oxygen atoms in total. The Labute approximate surface area is 111 Å². The van der Waals surface area contributed by atoms with Crippen LogP contribution in [0.5, 0.6) is 0 Å². The largest absolute Gasteiger partial charge is 0.366 e. The third-order valence-corrected chi connectivity index (χ3v) is 2.67. The zero-order valence-corrected chi connectivity index (χ0v) is 10.2. The summed E-state index contributed by atoms with van der Waals surface area (Å²) >= 11 is 0. The van der Waals surface area contributed by atoms with Gasteiger partial charge in [0.2, 0.25) is 5.91 Å². The van der Waals surface area contributed by atoms with Crippen LogP contribution < -0.4 is 5.73 Å². The molecule has 0 saturated heterocycles. The molecule has 0 saturated carbocycles. The summed E-state index contributed by atoms with van der Waals surface area (Å²) < 4.78 is 0. The highest BCUT2D eigenvalue weighted by atomic mass is 16.1. The van der Waals surface area contributed by atoms with Gasteiger partial charge in [-0.3, -0.25) is 9.59 Å². The molecular formula is C16H13NO2. The second kappa shape index (κ2) is 5.78. The summed E-state index contributed by atoms with van der Waals surface area (Å²) in [6.07, 6.45) is 2.80. The van der Waals surface area contributed by atoms with E-state index in [1.54, 1.807) is 36.4 Å². The number of hydrogen-bond donors (Lipinski definition) is 1. The lowest BCUT2D eigenvalue weighted by molar-refractivity contribution is -0.113. The highest BCUT2D eigenvalue weighted by Crippen LogP contribution is 2.15. The van der Waals surface area contributed by atoms with Crippen molar-refractivity contribution in [3.05, 3.63) is 77.4 Å². The highest BCUT2D eigenvalue weighted by molar-refractivity contribution is 6.11. The van der Waals surface area contributed by atoms with E-state index < -0.39 is 5.91 Å². The van der Waals surface area contributed by atoms with E-state index in [0.717, 1.165) is 0 Å². The second-order valence-electron chi connectivity index (χ2n) is 4.02. The van der Waals surface area contributed by atoms with Gasteiger partial charge in [-0.25, -0.2) is 0 Å². The molecule has 2 aromatic carbocycles. The first-order chi connectivity index (χ1) is 9.18. The second-order valence-corrected chi connectivity index (χ2v) is 4.02. The minimum Gasteiger partial charge on any atom is -0.366 e. The Balaban J connectivity index is 2.40. The van der Waals surface area contributed by atoms with Crippen molar-refractivity contribution in [1.29, 1.82) is 0 Å². The Bertz CT molecular complexity index is 630. The fourth-order valence-electron chi connectivity index (χ4n) is 1.77. The third kappa shape index (κ3) is 3.16. The number of benzene rings is 2. The van der Waals surface area contributed by atoms with Gasteiger partial charge in [-0.15, -0.1) is 0 Å². The molecule has 2 rings (SSSR count). The van der Waals surface area contributed by atoms with Gasteiger partial charge in [0.1, 0.15) is 0 Å². The lowest BCUT2D eigenvalue weighted by Crippen LogP contribution is -2.06. The summed E-state index contributed by atoms with van der Waals surface area (Å²) in [5.41, 5.74) is 6.90. The molecule has 19 heavy (non-hydrogen) atoms. The first-order valence-corrected chi connectivity index (χ1v) is 5.85. The standard InChI is InChI=1S/C16H13NO2/c17-15(18)11-10-12-6-4-5-9-14(12)16(19)13-7-2-1-3-8-13/h1-11H,(H2,17,18). The summed E-state index contributed by atoms with van der Waals surface area (Å²) in [4.78, 5) is 23.1. The fourth-order valence-corrected chi connectivity index (χ4v) is 1.77. The van der Waals surface area contributed by atoms with Crippen LogP contribution in [-0.2, 0) is 4.79 Å². The quantitative estimate of drug-likeness (QED) is 0.670. The van der Waals surface area contributed by atoms with Gasteiger partial charge in [0.05, 0.1) is 0 Å². The van der Waals surface area contributed by atoms with Crippen LogP contribution in [0, 0.1) is 0 Å². The average Bonchev–Trinajstić information content (AvgIpc) is 2.45. The highest BCUT2D eigenvalue weighted by Gasteiger charge is 2.11. The Morgan fingerprint density at radius 3 is 2.21 bits per heavy atom. The Morgan fingerprint density at radius 1 is 0.895 bits per heavy atom. The number of nitrogens with two attached hydrogens (primary N) is 1. The molecule has 0 aliphatic carbocycles. The van der Waals surface area contributed by atoms with Gasteiger partial charge in [0, 0.05) is 17.2 Å². The maximum absolute atomic E-state index is 12.4. The van der Waals surface area contributed by atoms with Crippen molar-refractivity contribution in [2.75, 3.05) is 0 Å². The molecule has 3 heteroatoms. The fraction of sp³-hybridized carbons (Fsp3) is 0. The third-order valence-electron chi connectivity index (χ3n) is 2.67. The smallest absolute Gasteiger partial charge is 0.241 e. The number of rotatable bonds is 4. The number of carbonyl (C=O) groups excluding carboxylic acids is 2. The van der Waals surface area contributed by atoms with Crippen LogP contribution >= 0.6 is 0 Å². The monoisotopic (exact) mass is 251 g/mol. The minimum absolute atomic E-state index is 0.0784. The first kappa shape index (κ1) is 12.8. The molecule has 1 amide bonds. The predicted octanol–water partition coefficient (Wildman–Crippen LogP) is 2.42. The van der Waals surface area contributed by atoms with Crippen LogP contribution in [-0.4, -0.2) is 11.7 Å². The summed E-state index contributed by atoms with van der Waals surface area (Å²) in [6.45, 7) is 0. The lowest BCUT2D eigenvalue weighted by atomic mass is 9.98. The Morgan fingerprint density at radius 2 is 1.53 bits per heavy atom. The van der Waals surface area contributed by atoms with E-state index in [-0.39, 0.29) is 5.78 Å². The van der Waals surface area contributed by atoms with Crippen LogP contribution in [0.1, 0.15) is 21.5 Å². The lowest BCUT2D eigenvalue weighted by Gasteiger charge is -2.05. The summed E-state index contributed by atoms with van der Waals surface area (Å²) in [5.74, 6) is -0.618. The summed E-state index contributed by atoms with van der Waals surface area (Å²) in [5, 5.41) is 0. The number of amides is 1. The van der Waals surface area contributed by atoms with Crippen molar-refractivity contribution in [3.63, 3.8) is 0 Å². The van der Waals surface area contributed by atoms with Crippen LogP contribution in [0.2, 0.25) is 0 Å². The maximum atomic E-state index is 12.4. The number of ketones is 1. The maximum Gasteiger partial charge on any atom is 0.241 e. The number of primary amides is 1. The molecule has 0 aliphatic heterocycles. The molecule has 0 bridgehead atoms. The molecule has 2 aromatic rings. The molecule has 0 unspecified atom stereocenters. The van der Waals surface area contributed by atoms with E-state index in [1.807, 2.05) is 24.3 Å². The van der Waals surface area contributed by atoms with Gasteiger partial charge in [0.25, 0.3) is 0 Å². The topological polar surface area (TPSA) is 60.2 Å². The zero-order chi connectivity index (χ0) is 13.7. The zero-order valence-electron chi connectivity index (χ0n) is 10.2. The van der Waals surface area contributed by atoms with Crippen molar-refractivity contribution in [2.24, 2.45) is 5.73 Å². The minimum atomic E-state index is -0.540. The molecule has 0 fully saturated rings. The van der Waals surface area contributed by atoms with Gasteiger partial charge in [-0.1, -0.05) is 54.6 Å². The van der Waals surface area contributed by atoms with Gasteiger partial charge in [-0.2, -0.15) is 0 Å². The van der Waals surface area contributed by atoms with Gasteiger partial charge in [-0.05, 0) is 11.6 Å². The summed E-state index contributed by atoms with van der Waals surface area (Å²) in [7, 11) is 0. The van der Waals surface area contributed by atoms with Gasteiger partial charge < -0.3 is 5.73 Å². The first-order valence-electron chi connectivity index (χ1n) is 5.85. The van der Waals surface area contributed by atoms with E-state index in [9.17, 15) is 9.59 Å². The van der Waals surface area contributed by atoms with E-state index in [2.05, 4.69) is 0 Å². The van der Waals surface area contributed by atoms with Crippen molar-refractivity contribution >= 4 is 17.8 Å². The molecule has 0 radical (unpaired) electrons. The molecule has 2 N–H and O–H groups in total. The molecule has 94 valence electrons. The average molecular weight is 251 g/mol. The van der Waals surface area contributed by atoms with Crippen LogP contribution in [0.25, 0.3) is 6.08 Å². The van der Waals surface area contributed by atoms with E-state index in [1.165, 1.54) is 6.08 Å². The Hall–Kier alpha value is -2.68. The normalized spacial score (nSPS) is 10.5. The molecule has 0 spiro atoms. The SMILES string of the molecule is NC(=O)C=Cc1ccccc1C(=O)c1ccccc1. The van der Waals surface area contributed by atoms with Gasteiger partial charge in [0.15, 0.2) is 5.78 Å². The van der Waals surface area contributed by atoms with Crippen molar-refractivity contribution < 1.29 is 9.59 Å². The number of carbonyl (C=O) groups is 2.